The van der Waals surface area contributed by atoms with E-state index in [0.717, 1.165) is 31.4 Å². The van der Waals surface area contributed by atoms with E-state index in [-0.39, 0.29) is 18.5 Å². The van der Waals surface area contributed by atoms with E-state index in [1.807, 2.05) is 0 Å². The minimum Gasteiger partial charge on any atom is -0.370 e. The number of rotatable bonds is 5. The number of ketones is 1. The average Bonchev–Trinajstić information content (AvgIpc) is 2.46. The van der Waals surface area contributed by atoms with Crippen molar-refractivity contribution >= 4 is 20.9 Å². The Balaban J connectivity index is 1.83. The molecule has 1 unspecified atom stereocenters. The molecule has 0 bridgehead atoms. The largest absolute Gasteiger partial charge is 0.370 e. The van der Waals surface area contributed by atoms with E-state index in [0.29, 0.717) is 5.92 Å². The van der Waals surface area contributed by atoms with Gasteiger partial charge in [0.15, 0.2) is 5.78 Å². The number of ether oxygens (including phenoxy) is 1. The smallest absolute Gasteiger partial charge is 0.155 e. The van der Waals surface area contributed by atoms with E-state index in [1.54, 1.807) is 6.92 Å². The third-order valence-electron chi connectivity index (χ3n) is 3.75. The quantitative estimate of drug-likeness (QED) is 0.838. The summed E-state index contributed by atoms with van der Waals surface area (Å²) in [6, 6.07) is 8.63. The van der Waals surface area contributed by atoms with E-state index >= 15 is 0 Å². The van der Waals surface area contributed by atoms with Crippen LogP contribution in [0.1, 0.15) is 44.1 Å². The van der Waals surface area contributed by atoms with Crippen molar-refractivity contribution in [1.29, 1.82) is 0 Å². The molecule has 1 aromatic rings. The maximum absolute atomic E-state index is 10.9. The Morgan fingerprint density at radius 1 is 1.26 bits per heavy atom. The van der Waals surface area contributed by atoms with Crippen LogP contribution < -0.4 is 5.09 Å². The number of hydrogen-bond acceptors (Lipinski definition) is 3. The molecule has 0 heterocycles. The zero-order valence-electron chi connectivity index (χ0n) is 11.4. The van der Waals surface area contributed by atoms with Crippen molar-refractivity contribution in [3.05, 3.63) is 29.8 Å². The van der Waals surface area contributed by atoms with Crippen molar-refractivity contribution in [2.75, 3.05) is 11.7 Å². The third kappa shape index (κ3) is 4.29. The molecule has 0 saturated heterocycles. The first kappa shape index (κ1) is 14.5. The van der Waals surface area contributed by atoms with E-state index in [9.17, 15) is 4.79 Å². The Morgan fingerprint density at radius 3 is 2.42 bits per heavy atom. The second kappa shape index (κ2) is 7.02. The number of carbonyl (C=O) groups excluding carboxylic acids is 1. The molecule has 1 fully saturated rings. The van der Waals surface area contributed by atoms with Gasteiger partial charge in [-0.15, -0.1) is 0 Å². The van der Waals surface area contributed by atoms with E-state index in [1.165, 1.54) is 5.56 Å². The van der Waals surface area contributed by atoms with E-state index < -0.39 is 0 Å². The summed E-state index contributed by atoms with van der Waals surface area (Å²) in [5.41, 5.74) is 2.53. The first-order valence-corrected chi connectivity index (χ1v) is 7.44. The molecule has 1 aliphatic rings. The molecular weight excluding hydrogens is 257 g/mol. The lowest BCUT2D eigenvalue weighted by Gasteiger charge is -2.28. The number of hydrogen-bond donors (Lipinski definition) is 1. The average molecular weight is 279 g/mol. The second-order valence-corrected chi connectivity index (χ2v) is 5.54. The van der Waals surface area contributed by atoms with Crippen LogP contribution in [0, 0.1) is 0 Å². The fraction of sp³-hybridized carbons (Fsp3) is 0.533. The summed E-state index contributed by atoms with van der Waals surface area (Å²) >= 11 is 0. The highest BCUT2D eigenvalue weighted by Gasteiger charge is 2.22. The first-order valence-electron chi connectivity index (χ1n) is 6.86. The summed E-state index contributed by atoms with van der Waals surface area (Å²) < 4.78 is 5.60. The van der Waals surface area contributed by atoms with Gasteiger partial charge in [0.2, 0.25) is 0 Å². The van der Waals surface area contributed by atoms with Crippen molar-refractivity contribution < 1.29 is 9.53 Å². The lowest BCUT2D eigenvalue weighted by Crippen LogP contribution is -2.23. The first-order chi connectivity index (χ1) is 9.19. The Labute approximate surface area is 117 Å². The lowest BCUT2D eigenvalue weighted by molar-refractivity contribution is -0.124. The predicted molar refractivity (Wildman–Crippen MR) is 81.4 cm³/mol. The van der Waals surface area contributed by atoms with Crippen molar-refractivity contribution in [3.8, 4) is 0 Å². The van der Waals surface area contributed by atoms with Crippen LogP contribution in [0.3, 0.4) is 0 Å². The fourth-order valence-electron chi connectivity index (χ4n) is 2.65. The summed E-state index contributed by atoms with van der Waals surface area (Å²) in [5.74, 6) is 0.749. The number of benzene rings is 1. The monoisotopic (exact) mass is 279 g/mol. The Hall–Kier alpha value is -0.920. The second-order valence-electron chi connectivity index (χ2n) is 5.25. The third-order valence-corrected chi connectivity index (χ3v) is 4.08. The van der Waals surface area contributed by atoms with Gasteiger partial charge in [-0.3, -0.25) is 4.79 Å². The van der Waals surface area contributed by atoms with Gasteiger partial charge in [0.25, 0.3) is 0 Å². The van der Waals surface area contributed by atoms with Gasteiger partial charge in [0, 0.05) is 5.69 Å². The van der Waals surface area contributed by atoms with Gasteiger partial charge in [-0.05, 0) is 65.6 Å². The number of anilines is 1. The molecule has 1 aromatic carbocycles. The highest BCUT2D eigenvalue weighted by atomic mass is 31.0. The minimum absolute atomic E-state index is 0.114. The van der Waals surface area contributed by atoms with Gasteiger partial charge < -0.3 is 9.82 Å². The maximum Gasteiger partial charge on any atom is 0.155 e. The summed E-state index contributed by atoms with van der Waals surface area (Å²) in [5, 5.41) is 3.06. The summed E-state index contributed by atoms with van der Waals surface area (Å²) in [4.78, 5) is 10.9. The highest BCUT2D eigenvalue weighted by Crippen LogP contribution is 2.34. The Morgan fingerprint density at radius 2 is 1.89 bits per heavy atom. The number of nitrogens with one attached hydrogen (secondary N) is 1. The normalized spacial score (nSPS) is 23.1. The molecule has 19 heavy (non-hydrogen) atoms. The van der Waals surface area contributed by atoms with Gasteiger partial charge in [0.1, 0.15) is 6.61 Å². The fourth-order valence-corrected chi connectivity index (χ4v) is 2.84. The van der Waals surface area contributed by atoms with E-state index in [2.05, 4.69) is 38.7 Å². The molecule has 0 radical (unpaired) electrons. The molecule has 1 saturated carbocycles. The lowest BCUT2D eigenvalue weighted by atomic mass is 9.82. The van der Waals surface area contributed by atoms with Crippen molar-refractivity contribution in [2.24, 2.45) is 0 Å². The topological polar surface area (TPSA) is 38.3 Å². The zero-order chi connectivity index (χ0) is 13.7. The maximum atomic E-state index is 10.9. The molecule has 0 aromatic heterocycles. The molecular formula is C15H22NO2P. The number of Topliss-reactive ketones (excluding diaryl/α,β-unsaturated/α-hetero) is 1. The van der Waals surface area contributed by atoms with Crippen LogP contribution in [0.15, 0.2) is 24.3 Å². The summed E-state index contributed by atoms with van der Waals surface area (Å²) in [6.07, 6.45) is 4.68. The van der Waals surface area contributed by atoms with Crippen LogP contribution >= 0.6 is 9.39 Å². The van der Waals surface area contributed by atoms with Crippen LogP contribution in [0.5, 0.6) is 0 Å². The van der Waals surface area contributed by atoms with Crippen molar-refractivity contribution in [1.82, 2.24) is 0 Å². The van der Waals surface area contributed by atoms with Crippen molar-refractivity contribution in [3.63, 3.8) is 0 Å². The molecule has 1 aliphatic carbocycles. The zero-order valence-corrected chi connectivity index (χ0v) is 12.5. The molecule has 0 spiro atoms. The molecule has 1 atom stereocenters. The molecule has 0 aliphatic heterocycles. The number of carbonyl (C=O) groups is 1. The molecule has 0 amide bonds. The molecule has 3 nitrogen and oxygen atoms in total. The minimum atomic E-state index is 0.114. The Bertz CT molecular complexity index is 411. The van der Waals surface area contributed by atoms with Crippen LogP contribution in [0.2, 0.25) is 0 Å². The standard InChI is InChI=1S/C15H22NO2P/c1-11(17)10-18-15-8-4-13(5-9-15)12-2-6-14(16-19)7-3-12/h2-3,6-7,13,15-16H,4-5,8-10,19H2,1H3. The van der Waals surface area contributed by atoms with Gasteiger partial charge in [-0.2, -0.15) is 0 Å². The molecule has 4 heteroatoms. The molecule has 1 N–H and O–H groups in total. The van der Waals surface area contributed by atoms with Gasteiger partial charge in [-0.25, -0.2) is 0 Å². The molecule has 2 rings (SSSR count). The summed E-state index contributed by atoms with van der Waals surface area (Å²) in [6.45, 7) is 1.84. The predicted octanol–water partition coefficient (Wildman–Crippen LogP) is 3.52. The Kier molecular flexibility index (Phi) is 5.35. The van der Waals surface area contributed by atoms with Gasteiger partial charge in [0.05, 0.1) is 6.10 Å². The molecule has 104 valence electrons. The summed E-state index contributed by atoms with van der Waals surface area (Å²) in [7, 11) is 2.51. The van der Waals surface area contributed by atoms with E-state index in [4.69, 9.17) is 4.74 Å². The highest BCUT2D eigenvalue weighted by molar-refractivity contribution is 7.18. The van der Waals surface area contributed by atoms with Crippen molar-refractivity contribution in [2.45, 2.75) is 44.6 Å². The van der Waals surface area contributed by atoms with Gasteiger partial charge >= 0.3 is 0 Å². The van der Waals surface area contributed by atoms with Crippen LogP contribution in [-0.2, 0) is 9.53 Å². The van der Waals surface area contributed by atoms with Crippen LogP contribution in [0.25, 0.3) is 0 Å². The van der Waals surface area contributed by atoms with Gasteiger partial charge in [-0.1, -0.05) is 12.1 Å². The van der Waals surface area contributed by atoms with Crippen LogP contribution in [0.4, 0.5) is 5.69 Å². The van der Waals surface area contributed by atoms with Crippen LogP contribution in [-0.4, -0.2) is 18.5 Å². The SMILES string of the molecule is CC(=O)COC1CCC(c2ccc(NP)cc2)CC1.